The van der Waals surface area contributed by atoms with Gasteiger partial charge in [-0.15, -0.1) is 0 Å². The van der Waals surface area contributed by atoms with E-state index in [-0.39, 0.29) is 12.0 Å². The summed E-state index contributed by atoms with van der Waals surface area (Å²) in [5.41, 5.74) is 0. The van der Waals surface area contributed by atoms with Crippen LogP contribution in [0.2, 0.25) is 0 Å². The van der Waals surface area contributed by atoms with E-state index in [1.54, 1.807) is 0 Å². The van der Waals surface area contributed by atoms with Gasteiger partial charge in [-0.1, -0.05) is 6.92 Å². The minimum atomic E-state index is -0.718. The zero-order valence-electron chi connectivity index (χ0n) is 11.3. The van der Waals surface area contributed by atoms with Crippen LogP contribution in [0.5, 0.6) is 0 Å². The van der Waals surface area contributed by atoms with Crippen LogP contribution >= 0.6 is 0 Å². The van der Waals surface area contributed by atoms with Crippen molar-refractivity contribution in [1.29, 1.82) is 0 Å². The van der Waals surface area contributed by atoms with Crippen LogP contribution in [-0.4, -0.2) is 72.9 Å². The third-order valence-electron chi connectivity index (χ3n) is 4.11. The van der Waals surface area contributed by atoms with Crippen molar-refractivity contribution < 1.29 is 14.6 Å². The third-order valence-corrected chi connectivity index (χ3v) is 4.11. The van der Waals surface area contributed by atoms with Crippen LogP contribution < -0.4 is 0 Å². The number of carboxylic acids is 1. The van der Waals surface area contributed by atoms with Crippen molar-refractivity contribution >= 4 is 5.97 Å². The average Bonchev–Trinajstić information content (AvgIpc) is 2.94. The third kappa shape index (κ3) is 2.84. The fourth-order valence-corrected chi connectivity index (χ4v) is 3.17. The Morgan fingerprint density at radius 1 is 1.50 bits per heavy atom. The largest absolute Gasteiger partial charge is 0.481 e. The predicted octanol–water partition coefficient (Wildman–Crippen LogP) is 0.502. The minimum absolute atomic E-state index is 0.0546. The van der Waals surface area contributed by atoms with Crippen LogP contribution in [0.1, 0.15) is 19.8 Å². The number of carbonyl (C=O) groups is 1. The molecule has 0 saturated carbocycles. The number of aliphatic carboxylic acids is 1. The summed E-state index contributed by atoms with van der Waals surface area (Å²) in [6, 6.07) is 0.544. The molecule has 3 unspecified atom stereocenters. The van der Waals surface area contributed by atoms with E-state index < -0.39 is 5.97 Å². The number of rotatable bonds is 5. The first-order valence-electron chi connectivity index (χ1n) is 6.88. The van der Waals surface area contributed by atoms with Crippen molar-refractivity contribution in [3.8, 4) is 0 Å². The van der Waals surface area contributed by atoms with Gasteiger partial charge in [0.25, 0.3) is 0 Å². The lowest BCUT2D eigenvalue weighted by molar-refractivity contribution is -0.143. The Morgan fingerprint density at radius 2 is 2.28 bits per heavy atom. The Labute approximate surface area is 109 Å². The van der Waals surface area contributed by atoms with Gasteiger partial charge < -0.3 is 14.7 Å². The van der Waals surface area contributed by atoms with E-state index in [9.17, 15) is 9.90 Å². The zero-order chi connectivity index (χ0) is 13.1. The molecule has 2 aliphatic heterocycles. The summed E-state index contributed by atoms with van der Waals surface area (Å²) in [4.78, 5) is 16.0. The molecule has 0 radical (unpaired) electrons. The van der Waals surface area contributed by atoms with Crippen LogP contribution in [-0.2, 0) is 9.53 Å². The molecule has 5 nitrogen and oxygen atoms in total. The van der Waals surface area contributed by atoms with E-state index in [0.29, 0.717) is 19.3 Å². The highest BCUT2D eigenvalue weighted by Crippen LogP contribution is 2.25. The summed E-state index contributed by atoms with van der Waals surface area (Å²) < 4.78 is 5.41. The second-order valence-corrected chi connectivity index (χ2v) is 5.49. The maximum Gasteiger partial charge on any atom is 0.310 e. The van der Waals surface area contributed by atoms with Crippen molar-refractivity contribution in [3.63, 3.8) is 0 Å². The topological polar surface area (TPSA) is 53.0 Å². The monoisotopic (exact) mass is 256 g/mol. The maximum absolute atomic E-state index is 11.3. The molecule has 104 valence electrons. The second-order valence-electron chi connectivity index (χ2n) is 5.49. The van der Waals surface area contributed by atoms with Gasteiger partial charge in [-0.05, 0) is 33.0 Å². The lowest BCUT2D eigenvalue weighted by atomic mass is 9.99. The number of likely N-dealkylation sites (tertiary alicyclic amines) is 1. The summed E-state index contributed by atoms with van der Waals surface area (Å²) in [5.74, 6) is -1.08. The Balaban J connectivity index is 2.06. The highest BCUT2D eigenvalue weighted by atomic mass is 16.5. The molecule has 0 spiro atoms. The number of nitrogens with zero attached hydrogens (tertiary/aromatic N) is 2. The minimum Gasteiger partial charge on any atom is -0.481 e. The van der Waals surface area contributed by atoms with Crippen molar-refractivity contribution in [3.05, 3.63) is 0 Å². The van der Waals surface area contributed by atoms with E-state index in [2.05, 4.69) is 23.8 Å². The number of likely N-dealkylation sites (N-methyl/N-ethyl adjacent to an activating group) is 1. The SMILES string of the molecule is CCCN(C1CCN(C)C1)C1COCC1C(=O)O. The van der Waals surface area contributed by atoms with Crippen LogP contribution in [0.4, 0.5) is 0 Å². The summed E-state index contributed by atoms with van der Waals surface area (Å²) in [6.07, 6.45) is 2.20. The van der Waals surface area contributed by atoms with Gasteiger partial charge in [-0.3, -0.25) is 9.69 Å². The summed E-state index contributed by atoms with van der Waals surface area (Å²) in [7, 11) is 2.13. The first kappa shape index (κ1) is 13.8. The summed E-state index contributed by atoms with van der Waals surface area (Å²) >= 11 is 0. The van der Waals surface area contributed by atoms with E-state index in [0.717, 1.165) is 32.5 Å². The summed E-state index contributed by atoms with van der Waals surface area (Å²) in [5, 5.41) is 9.28. The Bertz CT molecular complexity index is 298. The smallest absolute Gasteiger partial charge is 0.310 e. The van der Waals surface area contributed by atoms with Gasteiger partial charge in [0.05, 0.1) is 19.1 Å². The molecule has 18 heavy (non-hydrogen) atoms. The lowest BCUT2D eigenvalue weighted by Crippen LogP contribution is -2.49. The van der Waals surface area contributed by atoms with Crippen molar-refractivity contribution in [2.24, 2.45) is 5.92 Å². The van der Waals surface area contributed by atoms with Crippen molar-refractivity contribution in [1.82, 2.24) is 9.80 Å². The molecule has 3 atom stereocenters. The number of carboxylic acid groups (broad SMARTS) is 1. The van der Waals surface area contributed by atoms with E-state index >= 15 is 0 Å². The molecule has 0 bridgehead atoms. The Hall–Kier alpha value is -0.650. The van der Waals surface area contributed by atoms with E-state index in [1.165, 1.54) is 0 Å². The van der Waals surface area contributed by atoms with E-state index in [4.69, 9.17) is 4.74 Å². The molecule has 2 fully saturated rings. The first-order chi connectivity index (χ1) is 8.63. The summed E-state index contributed by atoms with van der Waals surface area (Å²) in [6.45, 7) is 6.20. The van der Waals surface area contributed by atoms with Gasteiger partial charge in [0, 0.05) is 18.6 Å². The molecule has 0 amide bonds. The second kappa shape index (κ2) is 5.99. The number of hydrogen-bond donors (Lipinski definition) is 1. The van der Waals surface area contributed by atoms with Gasteiger partial charge in [0.2, 0.25) is 0 Å². The number of ether oxygens (including phenoxy) is 1. The molecule has 0 aromatic carbocycles. The molecular formula is C13H24N2O3. The van der Waals surface area contributed by atoms with Gasteiger partial charge >= 0.3 is 5.97 Å². The molecule has 0 aromatic heterocycles. The van der Waals surface area contributed by atoms with Gasteiger partial charge in [-0.25, -0.2) is 0 Å². The molecule has 2 aliphatic rings. The molecule has 2 saturated heterocycles. The van der Waals surface area contributed by atoms with Crippen LogP contribution in [0, 0.1) is 5.92 Å². The standard InChI is InChI=1S/C13H24N2O3/c1-3-5-15(10-4-6-14(2)7-10)12-9-18-8-11(12)13(16)17/h10-12H,3-9H2,1-2H3,(H,16,17). The highest BCUT2D eigenvalue weighted by molar-refractivity contribution is 5.71. The molecule has 0 aromatic rings. The molecule has 1 N–H and O–H groups in total. The van der Waals surface area contributed by atoms with Gasteiger partial charge in [0.1, 0.15) is 0 Å². The van der Waals surface area contributed by atoms with Crippen LogP contribution in [0.3, 0.4) is 0 Å². The molecular weight excluding hydrogens is 232 g/mol. The normalized spacial score (nSPS) is 33.4. The molecule has 5 heteroatoms. The number of hydrogen-bond acceptors (Lipinski definition) is 4. The Morgan fingerprint density at radius 3 is 2.83 bits per heavy atom. The lowest BCUT2D eigenvalue weighted by Gasteiger charge is -2.35. The zero-order valence-corrected chi connectivity index (χ0v) is 11.3. The van der Waals surface area contributed by atoms with Crippen LogP contribution in [0.15, 0.2) is 0 Å². The molecule has 2 heterocycles. The quantitative estimate of drug-likeness (QED) is 0.776. The van der Waals surface area contributed by atoms with Crippen LogP contribution in [0.25, 0.3) is 0 Å². The fourth-order valence-electron chi connectivity index (χ4n) is 3.17. The fraction of sp³-hybridized carbons (Fsp3) is 0.923. The van der Waals surface area contributed by atoms with Gasteiger partial charge in [0.15, 0.2) is 0 Å². The maximum atomic E-state index is 11.3. The highest BCUT2D eigenvalue weighted by Gasteiger charge is 2.41. The van der Waals surface area contributed by atoms with E-state index in [1.807, 2.05) is 0 Å². The van der Waals surface area contributed by atoms with Crippen molar-refractivity contribution in [2.45, 2.75) is 31.8 Å². The predicted molar refractivity (Wildman–Crippen MR) is 68.6 cm³/mol. The molecule has 0 aliphatic carbocycles. The molecule has 2 rings (SSSR count). The first-order valence-corrected chi connectivity index (χ1v) is 6.88. The van der Waals surface area contributed by atoms with Gasteiger partial charge in [-0.2, -0.15) is 0 Å². The average molecular weight is 256 g/mol. The Kier molecular flexibility index (Phi) is 4.59. The van der Waals surface area contributed by atoms with Crippen molar-refractivity contribution in [2.75, 3.05) is 39.9 Å².